The standard InChI is InChI=1S/C21H29BO2/c1-14(2)15(3)19-13-17(12-16-10-8-9-11-18(16)19)22-23-20(4,5)21(6,7)24-22/h8-15H,1-7H3. The molecule has 3 rings (SSSR count). The van der Waals surface area contributed by atoms with Gasteiger partial charge in [0.15, 0.2) is 0 Å². The molecule has 1 aliphatic heterocycles. The van der Waals surface area contributed by atoms with Gasteiger partial charge >= 0.3 is 7.12 Å². The number of rotatable bonds is 3. The summed E-state index contributed by atoms with van der Waals surface area (Å²) in [5.41, 5.74) is 1.88. The first-order valence-electron chi connectivity index (χ1n) is 9.00. The van der Waals surface area contributed by atoms with Gasteiger partial charge in [0.1, 0.15) is 0 Å². The van der Waals surface area contributed by atoms with Crippen LogP contribution in [0.3, 0.4) is 0 Å². The Morgan fingerprint density at radius 1 is 0.875 bits per heavy atom. The van der Waals surface area contributed by atoms with Crippen molar-refractivity contribution >= 4 is 23.4 Å². The molecule has 1 saturated heterocycles. The summed E-state index contributed by atoms with van der Waals surface area (Å²) in [6.07, 6.45) is 0. The van der Waals surface area contributed by atoms with Crippen LogP contribution >= 0.6 is 0 Å². The Balaban J connectivity index is 2.10. The molecule has 0 radical (unpaired) electrons. The normalized spacial score (nSPS) is 20.8. The van der Waals surface area contributed by atoms with Crippen LogP contribution in [0.15, 0.2) is 36.4 Å². The van der Waals surface area contributed by atoms with Crippen LogP contribution in [0.1, 0.15) is 59.9 Å². The summed E-state index contributed by atoms with van der Waals surface area (Å²) in [5, 5.41) is 2.59. The van der Waals surface area contributed by atoms with E-state index in [1.165, 1.54) is 16.3 Å². The average molecular weight is 324 g/mol. The van der Waals surface area contributed by atoms with E-state index < -0.39 is 0 Å². The Bertz CT molecular complexity index is 733. The minimum atomic E-state index is -0.312. The fourth-order valence-corrected chi connectivity index (χ4v) is 3.22. The fourth-order valence-electron chi connectivity index (χ4n) is 3.22. The van der Waals surface area contributed by atoms with E-state index in [1.54, 1.807) is 0 Å². The molecule has 1 fully saturated rings. The van der Waals surface area contributed by atoms with Crippen molar-refractivity contribution in [1.82, 2.24) is 0 Å². The monoisotopic (exact) mass is 324 g/mol. The lowest BCUT2D eigenvalue weighted by Crippen LogP contribution is -2.41. The second kappa shape index (κ2) is 5.89. The van der Waals surface area contributed by atoms with Crippen LogP contribution in [-0.2, 0) is 9.31 Å². The van der Waals surface area contributed by atoms with Crippen molar-refractivity contribution in [3.8, 4) is 0 Å². The third kappa shape index (κ3) is 2.89. The van der Waals surface area contributed by atoms with E-state index in [0.29, 0.717) is 11.8 Å². The smallest absolute Gasteiger partial charge is 0.399 e. The van der Waals surface area contributed by atoms with Crippen molar-refractivity contribution in [1.29, 1.82) is 0 Å². The molecule has 0 amide bonds. The van der Waals surface area contributed by atoms with Crippen LogP contribution in [0.5, 0.6) is 0 Å². The molecule has 1 unspecified atom stereocenters. The van der Waals surface area contributed by atoms with Gasteiger partial charge in [-0.3, -0.25) is 0 Å². The summed E-state index contributed by atoms with van der Waals surface area (Å²) in [6, 6.07) is 13.1. The first kappa shape index (κ1) is 17.5. The lowest BCUT2D eigenvalue weighted by atomic mass is 9.75. The molecule has 1 atom stereocenters. The molecule has 2 aromatic carbocycles. The molecule has 0 bridgehead atoms. The lowest BCUT2D eigenvalue weighted by molar-refractivity contribution is 0.00578. The van der Waals surface area contributed by atoms with Gasteiger partial charge in [-0.1, -0.05) is 57.2 Å². The van der Waals surface area contributed by atoms with Gasteiger partial charge in [-0.2, -0.15) is 0 Å². The van der Waals surface area contributed by atoms with Crippen molar-refractivity contribution < 1.29 is 9.31 Å². The van der Waals surface area contributed by atoms with Crippen molar-refractivity contribution in [3.05, 3.63) is 42.0 Å². The zero-order valence-electron chi connectivity index (χ0n) is 16.0. The molecular formula is C21H29BO2. The number of fused-ring (bicyclic) bond motifs is 1. The van der Waals surface area contributed by atoms with E-state index in [9.17, 15) is 0 Å². The molecule has 0 aliphatic carbocycles. The zero-order chi connectivity index (χ0) is 17.7. The molecule has 0 N–H and O–H groups in total. The maximum absolute atomic E-state index is 6.27. The molecule has 24 heavy (non-hydrogen) atoms. The summed E-state index contributed by atoms with van der Waals surface area (Å²) in [6.45, 7) is 15.3. The predicted octanol–water partition coefficient (Wildman–Crippen LogP) is 4.90. The Hall–Kier alpha value is -1.32. The van der Waals surface area contributed by atoms with Crippen molar-refractivity contribution in [2.45, 2.75) is 65.6 Å². The highest BCUT2D eigenvalue weighted by Crippen LogP contribution is 2.37. The van der Waals surface area contributed by atoms with E-state index in [-0.39, 0.29) is 18.3 Å². The molecule has 128 valence electrons. The molecule has 1 aliphatic rings. The van der Waals surface area contributed by atoms with Gasteiger partial charge in [0.25, 0.3) is 0 Å². The van der Waals surface area contributed by atoms with E-state index in [0.717, 1.165) is 5.46 Å². The molecule has 2 aromatic rings. The summed E-state index contributed by atoms with van der Waals surface area (Å²) < 4.78 is 12.5. The van der Waals surface area contributed by atoms with Gasteiger partial charge in [-0.25, -0.2) is 0 Å². The van der Waals surface area contributed by atoms with Crippen LogP contribution < -0.4 is 5.46 Å². The highest BCUT2D eigenvalue weighted by molar-refractivity contribution is 6.62. The highest BCUT2D eigenvalue weighted by atomic mass is 16.7. The molecule has 0 spiro atoms. The quantitative estimate of drug-likeness (QED) is 0.748. The predicted molar refractivity (Wildman–Crippen MR) is 103 cm³/mol. The van der Waals surface area contributed by atoms with Gasteiger partial charge < -0.3 is 9.31 Å². The first-order chi connectivity index (χ1) is 11.1. The van der Waals surface area contributed by atoms with Crippen LogP contribution in [0, 0.1) is 5.92 Å². The molecule has 0 aromatic heterocycles. The molecule has 2 nitrogen and oxygen atoms in total. The minimum absolute atomic E-state index is 0.308. The zero-order valence-corrected chi connectivity index (χ0v) is 16.0. The SMILES string of the molecule is CC(C)C(C)c1cc(B2OC(C)(C)C(C)(C)O2)cc2ccccc12. The van der Waals surface area contributed by atoms with E-state index in [2.05, 4.69) is 84.9 Å². The molecule has 1 heterocycles. The van der Waals surface area contributed by atoms with Gasteiger partial charge in [0.05, 0.1) is 11.2 Å². The second-order valence-electron chi connectivity index (χ2n) is 8.45. The summed E-state index contributed by atoms with van der Waals surface area (Å²) in [5.74, 6) is 1.07. The topological polar surface area (TPSA) is 18.5 Å². The van der Waals surface area contributed by atoms with Crippen molar-refractivity contribution in [2.24, 2.45) is 5.92 Å². The first-order valence-corrected chi connectivity index (χ1v) is 9.00. The molecular weight excluding hydrogens is 295 g/mol. The van der Waals surface area contributed by atoms with Gasteiger partial charge in [0.2, 0.25) is 0 Å². The maximum atomic E-state index is 6.27. The Morgan fingerprint density at radius 2 is 1.46 bits per heavy atom. The van der Waals surface area contributed by atoms with Crippen LogP contribution in [0.4, 0.5) is 0 Å². The van der Waals surface area contributed by atoms with Crippen LogP contribution in [0.25, 0.3) is 10.8 Å². The third-order valence-electron chi connectivity index (χ3n) is 5.93. The Labute approximate surface area is 146 Å². The van der Waals surface area contributed by atoms with Gasteiger partial charge in [-0.05, 0) is 61.3 Å². The third-order valence-corrected chi connectivity index (χ3v) is 5.93. The highest BCUT2D eigenvalue weighted by Gasteiger charge is 2.51. The largest absolute Gasteiger partial charge is 0.494 e. The van der Waals surface area contributed by atoms with Crippen molar-refractivity contribution in [3.63, 3.8) is 0 Å². The van der Waals surface area contributed by atoms with E-state index in [1.807, 2.05) is 0 Å². The summed E-state index contributed by atoms with van der Waals surface area (Å²) in [7, 11) is -0.308. The number of benzene rings is 2. The minimum Gasteiger partial charge on any atom is -0.399 e. The average Bonchev–Trinajstić information content (AvgIpc) is 2.73. The van der Waals surface area contributed by atoms with Crippen LogP contribution in [0.2, 0.25) is 0 Å². The summed E-state index contributed by atoms with van der Waals surface area (Å²) in [4.78, 5) is 0. The van der Waals surface area contributed by atoms with Crippen molar-refractivity contribution in [2.75, 3.05) is 0 Å². The number of hydrogen-bond acceptors (Lipinski definition) is 2. The van der Waals surface area contributed by atoms with Gasteiger partial charge in [-0.15, -0.1) is 0 Å². The fraction of sp³-hybridized carbons (Fsp3) is 0.524. The lowest BCUT2D eigenvalue weighted by Gasteiger charge is -2.32. The molecule has 3 heteroatoms. The summed E-state index contributed by atoms with van der Waals surface area (Å²) >= 11 is 0. The second-order valence-corrected chi connectivity index (χ2v) is 8.45. The van der Waals surface area contributed by atoms with E-state index >= 15 is 0 Å². The Morgan fingerprint density at radius 3 is 2.04 bits per heavy atom. The van der Waals surface area contributed by atoms with Gasteiger partial charge in [0, 0.05) is 0 Å². The van der Waals surface area contributed by atoms with Crippen LogP contribution in [-0.4, -0.2) is 18.3 Å². The Kier molecular flexibility index (Phi) is 4.30. The van der Waals surface area contributed by atoms with E-state index in [4.69, 9.17) is 9.31 Å². The maximum Gasteiger partial charge on any atom is 0.494 e. The molecule has 0 saturated carbocycles. The number of hydrogen-bond donors (Lipinski definition) is 0.